The van der Waals surface area contributed by atoms with Gasteiger partial charge in [-0.25, -0.2) is 0 Å². The zero-order valence-electron chi connectivity index (χ0n) is 8.75. The van der Waals surface area contributed by atoms with Gasteiger partial charge in [0.25, 0.3) is 0 Å². The predicted octanol–water partition coefficient (Wildman–Crippen LogP) is 1.01. The molecule has 1 N–H and O–H groups in total. The highest BCUT2D eigenvalue weighted by Crippen LogP contribution is 2.59. The van der Waals surface area contributed by atoms with Crippen LogP contribution in [0.3, 0.4) is 0 Å². The second-order valence-corrected chi connectivity index (χ2v) is 5.00. The number of allylic oxidation sites excluding steroid dienone is 1. The van der Waals surface area contributed by atoms with Gasteiger partial charge in [0.1, 0.15) is 6.10 Å². The molecule has 0 radical (unpaired) electrons. The first-order valence-electron chi connectivity index (χ1n) is 5.55. The third-order valence-corrected chi connectivity index (χ3v) is 4.35. The summed E-state index contributed by atoms with van der Waals surface area (Å²) in [6.45, 7) is 1.91. The molecule has 3 aliphatic rings. The van der Waals surface area contributed by atoms with Gasteiger partial charge in [0.2, 0.25) is 0 Å². The van der Waals surface area contributed by atoms with Gasteiger partial charge in [-0.3, -0.25) is 9.59 Å². The first kappa shape index (κ1) is 9.28. The van der Waals surface area contributed by atoms with Crippen LogP contribution in [-0.2, 0) is 9.59 Å². The molecule has 2 fully saturated rings. The summed E-state index contributed by atoms with van der Waals surface area (Å²) in [6.07, 6.45) is 1.86. The minimum absolute atomic E-state index is 0.0385. The second kappa shape index (κ2) is 2.59. The molecule has 0 amide bonds. The van der Waals surface area contributed by atoms with Crippen molar-refractivity contribution in [2.24, 2.45) is 11.3 Å². The maximum atomic E-state index is 12.0. The Hall–Kier alpha value is -0.960. The standard InChI is InChI=1S/C12H14O3/c1-6-9-7(2-3-8(9)13)10(14)11(15)12(6)4-5-12/h7,10,14H,2-5H2,1H3/t7?,10-/m1/s1. The van der Waals surface area contributed by atoms with Gasteiger partial charge >= 0.3 is 0 Å². The molecule has 0 aromatic heterocycles. The van der Waals surface area contributed by atoms with Gasteiger partial charge in [-0.15, -0.1) is 0 Å². The first-order valence-corrected chi connectivity index (χ1v) is 5.55. The van der Waals surface area contributed by atoms with Crippen molar-refractivity contribution in [2.45, 2.75) is 38.7 Å². The summed E-state index contributed by atoms with van der Waals surface area (Å²) >= 11 is 0. The first-order chi connectivity index (χ1) is 7.08. The van der Waals surface area contributed by atoms with E-state index in [-0.39, 0.29) is 17.5 Å². The fourth-order valence-electron chi connectivity index (χ4n) is 3.23. The van der Waals surface area contributed by atoms with E-state index >= 15 is 0 Å². The second-order valence-electron chi connectivity index (χ2n) is 5.00. The van der Waals surface area contributed by atoms with Crippen LogP contribution in [0.1, 0.15) is 32.6 Å². The van der Waals surface area contributed by atoms with E-state index in [0.717, 1.165) is 24.0 Å². The van der Waals surface area contributed by atoms with E-state index in [1.54, 1.807) is 0 Å². The topological polar surface area (TPSA) is 54.4 Å². The number of carbonyl (C=O) groups excluding carboxylic acids is 2. The van der Waals surface area contributed by atoms with E-state index in [9.17, 15) is 14.7 Å². The van der Waals surface area contributed by atoms with Gasteiger partial charge in [-0.05, 0) is 26.2 Å². The Labute approximate surface area is 88.2 Å². The van der Waals surface area contributed by atoms with Crippen LogP contribution in [0.25, 0.3) is 0 Å². The zero-order chi connectivity index (χ0) is 10.8. The number of hydrogen-bond donors (Lipinski definition) is 1. The molecule has 2 saturated carbocycles. The Morgan fingerprint density at radius 2 is 2.00 bits per heavy atom. The molecule has 3 aliphatic carbocycles. The van der Waals surface area contributed by atoms with Gasteiger partial charge in [-0.1, -0.05) is 5.57 Å². The largest absolute Gasteiger partial charge is 0.385 e. The lowest BCUT2D eigenvalue weighted by atomic mass is 9.73. The molecule has 0 heterocycles. The van der Waals surface area contributed by atoms with Gasteiger partial charge in [0, 0.05) is 17.9 Å². The molecule has 80 valence electrons. The third-order valence-electron chi connectivity index (χ3n) is 4.35. The number of aliphatic hydroxyl groups is 1. The van der Waals surface area contributed by atoms with Crippen LogP contribution in [0.5, 0.6) is 0 Å². The van der Waals surface area contributed by atoms with Crippen molar-refractivity contribution in [2.75, 3.05) is 0 Å². The number of hydrogen-bond acceptors (Lipinski definition) is 3. The summed E-state index contributed by atoms with van der Waals surface area (Å²) in [6, 6.07) is 0. The molecule has 0 bridgehead atoms. The van der Waals surface area contributed by atoms with Crippen LogP contribution < -0.4 is 0 Å². The average molecular weight is 206 g/mol. The highest BCUT2D eigenvalue weighted by atomic mass is 16.3. The van der Waals surface area contributed by atoms with Crippen molar-refractivity contribution in [3.63, 3.8) is 0 Å². The molecular formula is C12H14O3. The number of rotatable bonds is 0. The lowest BCUT2D eigenvalue weighted by Gasteiger charge is -2.31. The molecule has 0 aromatic carbocycles. The molecule has 3 nitrogen and oxygen atoms in total. The maximum Gasteiger partial charge on any atom is 0.172 e. The summed E-state index contributed by atoms with van der Waals surface area (Å²) in [5.41, 5.74) is 1.30. The Bertz CT molecular complexity index is 401. The Kier molecular flexibility index (Phi) is 1.60. The molecule has 3 rings (SSSR count). The van der Waals surface area contributed by atoms with Crippen molar-refractivity contribution < 1.29 is 14.7 Å². The Balaban J connectivity index is 2.18. The molecule has 1 unspecified atom stereocenters. The smallest absolute Gasteiger partial charge is 0.172 e. The minimum Gasteiger partial charge on any atom is -0.385 e. The van der Waals surface area contributed by atoms with Crippen molar-refractivity contribution in [3.8, 4) is 0 Å². The van der Waals surface area contributed by atoms with Crippen LogP contribution in [0.15, 0.2) is 11.1 Å². The molecule has 15 heavy (non-hydrogen) atoms. The predicted molar refractivity (Wildman–Crippen MR) is 53.1 cm³/mol. The summed E-state index contributed by atoms with van der Waals surface area (Å²) in [4.78, 5) is 23.7. The van der Waals surface area contributed by atoms with Crippen molar-refractivity contribution in [1.82, 2.24) is 0 Å². The molecule has 3 heteroatoms. The van der Waals surface area contributed by atoms with E-state index in [4.69, 9.17) is 0 Å². The van der Waals surface area contributed by atoms with E-state index in [1.165, 1.54) is 0 Å². The van der Waals surface area contributed by atoms with Crippen LogP contribution in [0, 0.1) is 11.3 Å². The van der Waals surface area contributed by atoms with E-state index < -0.39 is 11.5 Å². The maximum absolute atomic E-state index is 12.0. The monoisotopic (exact) mass is 206 g/mol. The average Bonchev–Trinajstić information content (AvgIpc) is 2.93. The number of carbonyl (C=O) groups is 2. The Morgan fingerprint density at radius 1 is 1.33 bits per heavy atom. The quantitative estimate of drug-likeness (QED) is 0.643. The molecule has 2 atom stereocenters. The number of aliphatic hydroxyl groups excluding tert-OH is 1. The Morgan fingerprint density at radius 3 is 2.60 bits per heavy atom. The zero-order valence-corrected chi connectivity index (χ0v) is 8.75. The summed E-state index contributed by atoms with van der Waals surface area (Å²) in [5, 5.41) is 9.92. The van der Waals surface area contributed by atoms with E-state index in [1.807, 2.05) is 6.92 Å². The summed E-state index contributed by atoms with van der Waals surface area (Å²) in [5.74, 6) is -0.0880. The SMILES string of the molecule is CC1=C2C(=O)CCC2[C@@H](O)C(=O)C12CC2. The molecule has 0 aromatic rings. The van der Waals surface area contributed by atoms with E-state index in [0.29, 0.717) is 12.8 Å². The van der Waals surface area contributed by atoms with Crippen molar-refractivity contribution in [1.29, 1.82) is 0 Å². The normalized spacial score (nSPS) is 37.5. The van der Waals surface area contributed by atoms with Gasteiger partial charge < -0.3 is 5.11 Å². The summed E-state index contributed by atoms with van der Waals surface area (Å²) < 4.78 is 0. The number of fused-ring (bicyclic) bond motifs is 1. The fourth-order valence-corrected chi connectivity index (χ4v) is 3.23. The highest BCUT2D eigenvalue weighted by molar-refractivity contribution is 6.06. The van der Waals surface area contributed by atoms with Crippen LogP contribution in [0.2, 0.25) is 0 Å². The molecule has 0 saturated heterocycles. The molecule has 0 aliphatic heterocycles. The molecular weight excluding hydrogens is 192 g/mol. The summed E-state index contributed by atoms with van der Waals surface area (Å²) in [7, 11) is 0. The van der Waals surface area contributed by atoms with Gasteiger partial charge in [0.15, 0.2) is 11.6 Å². The highest BCUT2D eigenvalue weighted by Gasteiger charge is 2.60. The molecule has 1 spiro atoms. The van der Waals surface area contributed by atoms with Crippen LogP contribution >= 0.6 is 0 Å². The lowest BCUT2D eigenvalue weighted by molar-refractivity contribution is -0.134. The van der Waals surface area contributed by atoms with Gasteiger partial charge in [-0.2, -0.15) is 0 Å². The van der Waals surface area contributed by atoms with Gasteiger partial charge in [0.05, 0.1) is 5.41 Å². The third kappa shape index (κ3) is 0.944. The van der Waals surface area contributed by atoms with Crippen LogP contribution in [0.4, 0.5) is 0 Å². The minimum atomic E-state index is -0.919. The lowest BCUT2D eigenvalue weighted by Crippen LogP contribution is -2.41. The number of ketones is 2. The van der Waals surface area contributed by atoms with E-state index in [2.05, 4.69) is 0 Å². The van der Waals surface area contributed by atoms with Crippen molar-refractivity contribution in [3.05, 3.63) is 11.1 Å². The number of Topliss-reactive ketones (excluding diaryl/α,β-unsaturated/α-hetero) is 2. The van der Waals surface area contributed by atoms with Crippen molar-refractivity contribution >= 4 is 11.6 Å². The van der Waals surface area contributed by atoms with Crippen LogP contribution in [-0.4, -0.2) is 22.8 Å². The fraction of sp³-hybridized carbons (Fsp3) is 0.667.